The lowest BCUT2D eigenvalue weighted by Crippen LogP contribution is -2.34. The highest BCUT2D eigenvalue weighted by Gasteiger charge is 2.23. The highest BCUT2D eigenvalue weighted by Crippen LogP contribution is 2.28. The lowest BCUT2D eigenvalue weighted by atomic mass is 9.99. The van der Waals surface area contributed by atoms with Crippen molar-refractivity contribution in [3.63, 3.8) is 0 Å². The number of benzene rings is 1. The molecule has 0 aliphatic heterocycles. The molecule has 3 N–H and O–H groups in total. The largest absolute Gasteiger partial charge is 0.489 e. The molecule has 102 valence electrons. The Morgan fingerprint density at radius 3 is 2.44 bits per heavy atom. The molecule has 1 atom stereocenters. The van der Waals surface area contributed by atoms with E-state index in [4.69, 9.17) is 22.1 Å². The van der Waals surface area contributed by atoms with Crippen LogP contribution in [0.5, 0.6) is 5.75 Å². The number of rotatable bonds is 6. The molecule has 0 amide bonds. The first-order chi connectivity index (χ1) is 8.41. The van der Waals surface area contributed by atoms with Gasteiger partial charge in [0.1, 0.15) is 12.4 Å². The van der Waals surface area contributed by atoms with Crippen molar-refractivity contribution in [3.8, 4) is 5.75 Å². The summed E-state index contributed by atoms with van der Waals surface area (Å²) in [5, 5.41) is 10.7. The van der Waals surface area contributed by atoms with Gasteiger partial charge in [-0.25, -0.2) is 0 Å². The predicted molar refractivity (Wildman–Crippen MR) is 75.1 cm³/mol. The van der Waals surface area contributed by atoms with Gasteiger partial charge in [0.25, 0.3) is 0 Å². The molecule has 0 bridgehead atoms. The molecule has 0 aliphatic carbocycles. The summed E-state index contributed by atoms with van der Waals surface area (Å²) in [6.45, 7) is 6.03. The Morgan fingerprint density at radius 2 is 2.00 bits per heavy atom. The van der Waals surface area contributed by atoms with E-state index in [1.54, 1.807) is 12.1 Å². The average molecular weight is 272 g/mol. The molecule has 3 nitrogen and oxygen atoms in total. The second-order valence-electron chi connectivity index (χ2n) is 4.70. The predicted octanol–water partition coefficient (Wildman–Crippen LogP) is 3.29. The van der Waals surface area contributed by atoms with E-state index in [2.05, 4.69) is 0 Å². The second kappa shape index (κ2) is 6.41. The summed E-state index contributed by atoms with van der Waals surface area (Å²) >= 11 is 6.13. The fourth-order valence-corrected chi connectivity index (χ4v) is 1.83. The van der Waals surface area contributed by atoms with E-state index in [1.807, 2.05) is 26.8 Å². The van der Waals surface area contributed by atoms with E-state index in [0.717, 1.165) is 5.56 Å². The lowest BCUT2D eigenvalue weighted by Gasteiger charge is -2.25. The van der Waals surface area contributed by atoms with Crippen molar-refractivity contribution < 1.29 is 9.84 Å². The van der Waals surface area contributed by atoms with E-state index in [1.165, 1.54) is 0 Å². The Bertz CT molecular complexity index is 389. The van der Waals surface area contributed by atoms with Crippen LogP contribution in [0.2, 0.25) is 5.02 Å². The van der Waals surface area contributed by atoms with Crippen LogP contribution in [-0.4, -0.2) is 17.3 Å². The molecule has 1 unspecified atom stereocenters. The second-order valence-corrected chi connectivity index (χ2v) is 5.11. The summed E-state index contributed by atoms with van der Waals surface area (Å²) in [5.41, 5.74) is 5.96. The van der Waals surface area contributed by atoms with Crippen molar-refractivity contribution in [1.82, 2.24) is 0 Å². The van der Waals surface area contributed by atoms with Crippen molar-refractivity contribution in [2.75, 3.05) is 6.61 Å². The smallest absolute Gasteiger partial charge is 0.138 e. The van der Waals surface area contributed by atoms with Gasteiger partial charge in [-0.1, -0.05) is 31.5 Å². The molecule has 1 aromatic carbocycles. The standard InChI is InChI=1S/C14H22ClNO2/c1-4-14(17,5-2)9-18-13-7-6-11(10(3)16)8-12(13)15/h6-8,10,17H,4-5,9,16H2,1-3H3. The zero-order valence-corrected chi connectivity index (χ0v) is 12.0. The summed E-state index contributed by atoms with van der Waals surface area (Å²) in [4.78, 5) is 0. The summed E-state index contributed by atoms with van der Waals surface area (Å²) in [5.74, 6) is 0.585. The van der Waals surface area contributed by atoms with Gasteiger partial charge in [-0.3, -0.25) is 0 Å². The molecule has 18 heavy (non-hydrogen) atoms. The van der Waals surface area contributed by atoms with Crippen LogP contribution >= 0.6 is 11.6 Å². The Morgan fingerprint density at radius 1 is 1.39 bits per heavy atom. The fourth-order valence-electron chi connectivity index (χ4n) is 1.58. The van der Waals surface area contributed by atoms with Crippen LogP contribution in [0.1, 0.15) is 45.2 Å². The summed E-state index contributed by atoms with van der Waals surface area (Å²) in [6.07, 6.45) is 1.30. The Kier molecular flexibility index (Phi) is 5.45. The lowest BCUT2D eigenvalue weighted by molar-refractivity contribution is -0.0113. The number of hydrogen-bond donors (Lipinski definition) is 2. The molecule has 0 aliphatic rings. The molecule has 4 heteroatoms. The number of aliphatic hydroxyl groups is 1. The van der Waals surface area contributed by atoms with Crippen LogP contribution in [-0.2, 0) is 0 Å². The molecule has 1 aromatic rings. The van der Waals surface area contributed by atoms with Gasteiger partial charge in [-0.15, -0.1) is 0 Å². The Balaban J connectivity index is 2.74. The van der Waals surface area contributed by atoms with Gasteiger partial charge in [-0.05, 0) is 37.5 Å². The molecule has 0 saturated heterocycles. The molecule has 0 radical (unpaired) electrons. The molecule has 0 heterocycles. The van der Waals surface area contributed by atoms with Gasteiger partial charge >= 0.3 is 0 Å². The van der Waals surface area contributed by atoms with E-state index in [0.29, 0.717) is 23.6 Å². The van der Waals surface area contributed by atoms with Crippen molar-refractivity contribution in [2.45, 2.75) is 45.3 Å². The number of ether oxygens (including phenoxy) is 1. The van der Waals surface area contributed by atoms with Crippen molar-refractivity contribution in [3.05, 3.63) is 28.8 Å². The van der Waals surface area contributed by atoms with Gasteiger partial charge < -0.3 is 15.6 Å². The normalized spacial score (nSPS) is 13.4. The third-order valence-corrected chi connectivity index (χ3v) is 3.59. The Hall–Kier alpha value is -0.770. The zero-order valence-electron chi connectivity index (χ0n) is 11.2. The highest BCUT2D eigenvalue weighted by molar-refractivity contribution is 6.32. The third-order valence-electron chi connectivity index (χ3n) is 3.29. The van der Waals surface area contributed by atoms with Gasteiger partial charge in [0.15, 0.2) is 0 Å². The van der Waals surface area contributed by atoms with Crippen LogP contribution in [0.4, 0.5) is 0 Å². The van der Waals surface area contributed by atoms with Gasteiger partial charge in [0.05, 0.1) is 10.6 Å². The monoisotopic (exact) mass is 271 g/mol. The van der Waals surface area contributed by atoms with Crippen molar-refractivity contribution >= 4 is 11.6 Å². The maximum absolute atomic E-state index is 10.1. The molecular formula is C14H22ClNO2. The van der Waals surface area contributed by atoms with Gasteiger partial charge in [0, 0.05) is 6.04 Å². The van der Waals surface area contributed by atoms with Crippen LogP contribution < -0.4 is 10.5 Å². The Labute approximate surface area is 114 Å². The minimum Gasteiger partial charge on any atom is -0.489 e. The first kappa shape index (κ1) is 15.3. The molecule has 0 spiro atoms. The van der Waals surface area contributed by atoms with Crippen molar-refractivity contribution in [1.29, 1.82) is 0 Å². The van der Waals surface area contributed by atoms with Gasteiger partial charge in [-0.2, -0.15) is 0 Å². The zero-order chi connectivity index (χ0) is 13.8. The van der Waals surface area contributed by atoms with E-state index in [9.17, 15) is 5.11 Å². The van der Waals surface area contributed by atoms with Gasteiger partial charge in [0.2, 0.25) is 0 Å². The minimum atomic E-state index is -0.789. The quantitative estimate of drug-likeness (QED) is 0.835. The summed E-state index contributed by atoms with van der Waals surface area (Å²) < 4.78 is 5.60. The molecular weight excluding hydrogens is 250 g/mol. The fraction of sp³-hybridized carbons (Fsp3) is 0.571. The van der Waals surface area contributed by atoms with E-state index >= 15 is 0 Å². The molecule has 0 aromatic heterocycles. The number of halogens is 1. The summed E-state index contributed by atoms with van der Waals surface area (Å²) in [7, 11) is 0. The number of hydrogen-bond acceptors (Lipinski definition) is 3. The minimum absolute atomic E-state index is 0.0558. The van der Waals surface area contributed by atoms with Crippen LogP contribution in [0.3, 0.4) is 0 Å². The molecule has 0 fully saturated rings. The average Bonchev–Trinajstić information content (AvgIpc) is 2.36. The third kappa shape index (κ3) is 3.87. The SMILES string of the molecule is CCC(O)(CC)COc1ccc(C(C)N)cc1Cl. The number of nitrogens with two attached hydrogens (primary N) is 1. The van der Waals surface area contributed by atoms with Crippen LogP contribution in [0.25, 0.3) is 0 Å². The maximum atomic E-state index is 10.1. The summed E-state index contributed by atoms with van der Waals surface area (Å²) in [6, 6.07) is 5.44. The van der Waals surface area contributed by atoms with Crippen LogP contribution in [0.15, 0.2) is 18.2 Å². The molecule has 1 rings (SSSR count). The van der Waals surface area contributed by atoms with Crippen LogP contribution in [0, 0.1) is 0 Å². The highest BCUT2D eigenvalue weighted by atomic mass is 35.5. The maximum Gasteiger partial charge on any atom is 0.138 e. The molecule has 0 saturated carbocycles. The first-order valence-electron chi connectivity index (χ1n) is 6.32. The van der Waals surface area contributed by atoms with E-state index in [-0.39, 0.29) is 12.6 Å². The first-order valence-corrected chi connectivity index (χ1v) is 6.70. The van der Waals surface area contributed by atoms with Crippen molar-refractivity contribution in [2.24, 2.45) is 5.73 Å². The topological polar surface area (TPSA) is 55.5 Å². The van der Waals surface area contributed by atoms with E-state index < -0.39 is 5.60 Å².